The lowest BCUT2D eigenvalue weighted by atomic mass is 10.1. The van der Waals surface area contributed by atoms with Gasteiger partial charge >= 0.3 is 0 Å². The molecule has 1 fully saturated rings. The Morgan fingerprint density at radius 1 is 0.833 bits per heavy atom. The summed E-state index contributed by atoms with van der Waals surface area (Å²) in [6, 6.07) is 28.5. The molecule has 0 aliphatic carbocycles. The second kappa shape index (κ2) is 14.3. The van der Waals surface area contributed by atoms with Gasteiger partial charge in [-0.2, -0.15) is 0 Å². The van der Waals surface area contributed by atoms with Crippen LogP contribution in [0.15, 0.2) is 90.1 Å². The predicted molar refractivity (Wildman–Crippen MR) is 168 cm³/mol. The number of aromatic nitrogens is 3. The van der Waals surface area contributed by atoms with Crippen LogP contribution in [0.3, 0.4) is 0 Å². The molecule has 0 saturated carbocycles. The van der Waals surface area contributed by atoms with E-state index in [1.165, 1.54) is 11.1 Å². The average molecular weight is 582 g/mol. The topological polar surface area (TPSA) is 71.3 Å². The molecule has 1 aliphatic heterocycles. The van der Waals surface area contributed by atoms with Crippen molar-refractivity contribution in [2.24, 2.45) is 0 Å². The Morgan fingerprint density at radius 3 is 2.24 bits per heavy atom. The van der Waals surface area contributed by atoms with Crippen LogP contribution in [0.2, 0.25) is 0 Å². The number of aryl methyl sites for hydroxylation is 1. The molecule has 7 nitrogen and oxygen atoms in total. The molecule has 1 saturated heterocycles. The number of unbranched alkanes of at least 4 members (excludes halogenated alkanes) is 1. The molecule has 0 radical (unpaired) electrons. The number of rotatable bonds is 11. The molecule has 0 N–H and O–H groups in total. The minimum Gasteiger partial charge on any atom is -0.339 e. The maximum Gasteiger partial charge on any atom is 0.227 e. The third-order valence-corrected chi connectivity index (χ3v) is 8.79. The number of benzene rings is 3. The summed E-state index contributed by atoms with van der Waals surface area (Å²) < 4.78 is 2.18. The first-order valence-electron chi connectivity index (χ1n) is 14.8. The Labute approximate surface area is 252 Å². The van der Waals surface area contributed by atoms with Crippen LogP contribution in [0.4, 0.5) is 0 Å². The lowest BCUT2D eigenvalue weighted by Crippen LogP contribution is -2.55. The van der Waals surface area contributed by atoms with Crippen molar-refractivity contribution in [3.8, 4) is 5.69 Å². The summed E-state index contributed by atoms with van der Waals surface area (Å²) in [5.74, 6) is 2.09. The summed E-state index contributed by atoms with van der Waals surface area (Å²) in [5, 5.41) is 10.0. The molecule has 42 heavy (non-hydrogen) atoms. The van der Waals surface area contributed by atoms with Crippen LogP contribution >= 0.6 is 11.8 Å². The minimum absolute atomic E-state index is 0.0207. The molecule has 2 heterocycles. The van der Waals surface area contributed by atoms with Crippen LogP contribution in [0.25, 0.3) is 5.69 Å². The van der Waals surface area contributed by atoms with E-state index in [2.05, 4.69) is 52.0 Å². The first-order chi connectivity index (χ1) is 20.5. The molecule has 1 aromatic heterocycles. The van der Waals surface area contributed by atoms with Gasteiger partial charge in [0, 0.05) is 44.3 Å². The first-order valence-corrected chi connectivity index (χ1v) is 15.8. The van der Waals surface area contributed by atoms with E-state index in [1.54, 1.807) is 11.8 Å². The number of thioether (sulfide) groups is 1. The number of hydrogen-bond donors (Lipinski definition) is 0. The molecular weight excluding hydrogens is 542 g/mol. The van der Waals surface area contributed by atoms with Crippen LogP contribution < -0.4 is 0 Å². The van der Waals surface area contributed by atoms with Gasteiger partial charge in [-0.25, -0.2) is 0 Å². The maximum absolute atomic E-state index is 13.0. The van der Waals surface area contributed by atoms with Crippen LogP contribution in [-0.2, 0) is 22.4 Å². The zero-order valence-electron chi connectivity index (χ0n) is 24.5. The lowest BCUT2D eigenvalue weighted by Gasteiger charge is -2.40. The van der Waals surface area contributed by atoms with E-state index in [0.29, 0.717) is 38.9 Å². The Bertz CT molecular complexity index is 1470. The fraction of sp³-hybridized carbons (Fsp3) is 0.353. The summed E-state index contributed by atoms with van der Waals surface area (Å²) in [4.78, 5) is 29.7. The van der Waals surface area contributed by atoms with Crippen molar-refractivity contribution in [2.75, 3.05) is 25.4 Å². The Kier molecular flexibility index (Phi) is 10.1. The minimum atomic E-state index is 0.0207. The second-order valence-corrected chi connectivity index (χ2v) is 12.0. The highest BCUT2D eigenvalue weighted by Crippen LogP contribution is 2.26. The Hall–Kier alpha value is -3.91. The van der Waals surface area contributed by atoms with E-state index in [0.717, 1.165) is 40.8 Å². The van der Waals surface area contributed by atoms with Crippen molar-refractivity contribution >= 4 is 23.6 Å². The van der Waals surface area contributed by atoms with Crippen molar-refractivity contribution in [2.45, 2.75) is 57.1 Å². The molecule has 3 aromatic carbocycles. The fourth-order valence-electron chi connectivity index (χ4n) is 5.47. The molecule has 8 heteroatoms. The number of carbonyl (C=O) groups excluding carboxylic acids is 2. The standard InChI is InChI=1S/C34H39N5O2S/c1-26-13-9-10-18-30(26)39-31(23-28-14-5-3-6-15-28)35-36-34(39)42-22-12-11-19-32(40)37-20-21-38(27(2)25-37)33(41)24-29-16-7-4-8-17-29/h3-10,13-18,27H,11-12,19-25H2,1-2H3. The molecule has 5 rings (SSSR count). The Morgan fingerprint density at radius 2 is 1.52 bits per heavy atom. The van der Waals surface area contributed by atoms with Gasteiger partial charge in [-0.3, -0.25) is 14.2 Å². The fourth-order valence-corrected chi connectivity index (χ4v) is 6.43. The first kappa shape index (κ1) is 29.6. The predicted octanol–water partition coefficient (Wildman–Crippen LogP) is 5.73. The molecule has 0 spiro atoms. The average Bonchev–Trinajstić information content (AvgIpc) is 3.39. The van der Waals surface area contributed by atoms with Gasteiger partial charge in [-0.15, -0.1) is 10.2 Å². The Balaban J connectivity index is 1.11. The zero-order chi connectivity index (χ0) is 29.3. The third kappa shape index (κ3) is 7.48. The molecule has 1 atom stereocenters. The molecule has 1 unspecified atom stereocenters. The molecule has 0 bridgehead atoms. The summed E-state index contributed by atoms with van der Waals surface area (Å²) in [6.45, 7) is 5.94. The van der Waals surface area contributed by atoms with Gasteiger partial charge in [-0.05, 0) is 49.4 Å². The zero-order valence-corrected chi connectivity index (χ0v) is 25.3. The van der Waals surface area contributed by atoms with Crippen molar-refractivity contribution in [1.82, 2.24) is 24.6 Å². The summed E-state index contributed by atoms with van der Waals surface area (Å²) >= 11 is 1.69. The molecular formula is C34H39N5O2S. The number of hydrogen-bond acceptors (Lipinski definition) is 5. The van der Waals surface area contributed by atoms with Crippen molar-refractivity contribution in [3.63, 3.8) is 0 Å². The summed E-state index contributed by atoms with van der Waals surface area (Å²) in [5.41, 5.74) is 4.50. The van der Waals surface area contributed by atoms with Gasteiger partial charge in [0.05, 0.1) is 12.1 Å². The van der Waals surface area contributed by atoms with Gasteiger partial charge in [-0.1, -0.05) is 90.6 Å². The van der Waals surface area contributed by atoms with Crippen LogP contribution in [0, 0.1) is 6.92 Å². The molecule has 2 amide bonds. The van der Waals surface area contributed by atoms with Gasteiger partial charge < -0.3 is 9.80 Å². The normalized spacial score (nSPS) is 15.1. The SMILES string of the molecule is Cc1ccccc1-n1c(Cc2ccccc2)nnc1SCCCCC(=O)N1CCN(C(=O)Cc2ccccc2)C(C)C1. The van der Waals surface area contributed by atoms with Crippen molar-refractivity contribution in [1.29, 1.82) is 0 Å². The summed E-state index contributed by atoms with van der Waals surface area (Å²) in [6.07, 6.45) is 3.37. The van der Waals surface area contributed by atoms with Gasteiger partial charge in [0.15, 0.2) is 5.16 Å². The number of carbonyl (C=O) groups is 2. The van der Waals surface area contributed by atoms with Crippen LogP contribution in [-0.4, -0.2) is 67.8 Å². The van der Waals surface area contributed by atoms with E-state index in [1.807, 2.05) is 71.3 Å². The highest BCUT2D eigenvalue weighted by molar-refractivity contribution is 7.99. The van der Waals surface area contributed by atoms with E-state index >= 15 is 0 Å². The number of piperazine rings is 1. The third-order valence-electron chi connectivity index (χ3n) is 7.78. The number of amides is 2. The number of para-hydroxylation sites is 1. The van der Waals surface area contributed by atoms with E-state index in [9.17, 15) is 9.59 Å². The summed E-state index contributed by atoms with van der Waals surface area (Å²) in [7, 11) is 0. The lowest BCUT2D eigenvalue weighted by molar-refractivity contribution is -0.142. The van der Waals surface area contributed by atoms with E-state index in [4.69, 9.17) is 0 Å². The van der Waals surface area contributed by atoms with E-state index in [-0.39, 0.29) is 17.9 Å². The smallest absolute Gasteiger partial charge is 0.227 e. The highest BCUT2D eigenvalue weighted by Gasteiger charge is 2.29. The van der Waals surface area contributed by atoms with Gasteiger partial charge in [0.25, 0.3) is 0 Å². The van der Waals surface area contributed by atoms with Crippen LogP contribution in [0.5, 0.6) is 0 Å². The molecule has 1 aliphatic rings. The van der Waals surface area contributed by atoms with E-state index < -0.39 is 0 Å². The maximum atomic E-state index is 13.0. The highest BCUT2D eigenvalue weighted by atomic mass is 32.2. The number of nitrogens with zero attached hydrogens (tertiary/aromatic N) is 5. The van der Waals surface area contributed by atoms with Crippen molar-refractivity contribution in [3.05, 3.63) is 107 Å². The quantitative estimate of drug-likeness (QED) is 0.167. The van der Waals surface area contributed by atoms with Gasteiger partial charge in [0.1, 0.15) is 5.82 Å². The van der Waals surface area contributed by atoms with Gasteiger partial charge in [0.2, 0.25) is 11.8 Å². The monoisotopic (exact) mass is 581 g/mol. The van der Waals surface area contributed by atoms with Crippen LogP contribution in [0.1, 0.15) is 48.7 Å². The molecule has 4 aromatic rings. The van der Waals surface area contributed by atoms with Crippen molar-refractivity contribution < 1.29 is 9.59 Å². The molecule has 218 valence electrons. The second-order valence-electron chi connectivity index (χ2n) is 10.9. The largest absolute Gasteiger partial charge is 0.339 e.